The molecular weight excluding hydrogens is 380 g/mol. The summed E-state index contributed by atoms with van der Waals surface area (Å²) in [6.07, 6.45) is 6.84. The van der Waals surface area contributed by atoms with Crippen LogP contribution < -0.4 is 11.1 Å². The lowest BCUT2D eigenvalue weighted by Gasteiger charge is -2.45. The van der Waals surface area contributed by atoms with E-state index in [-0.39, 0.29) is 34.9 Å². The zero-order chi connectivity index (χ0) is 22.3. The fourth-order valence-electron chi connectivity index (χ4n) is 5.88. The molecule has 2 aliphatic carbocycles. The van der Waals surface area contributed by atoms with Crippen LogP contribution in [0.2, 0.25) is 0 Å². The Morgan fingerprint density at radius 1 is 1.33 bits per heavy atom. The Balaban J connectivity index is 1.71. The highest BCUT2D eigenvalue weighted by molar-refractivity contribution is 5.86. The number of ether oxygens (including phenoxy) is 2. The van der Waals surface area contributed by atoms with Gasteiger partial charge in [0.05, 0.1) is 18.3 Å². The van der Waals surface area contributed by atoms with E-state index in [9.17, 15) is 9.59 Å². The van der Waals surface area contributed by atoms with E-state index in [1.54, 1.807) is 7.11 Å². The molecule has 3 fully saturated rings. The van der Waals surface area contributed by atoms with E-state index >= 15 is 0 Å². The predicted molar refractivity (Wildman–Crippen MR) is 117 cm³/mol. The maximum absolute atomic E-state index is 12.8. The smallest absolute Gasteiger partial charge is 0.240 e. The van der Waals surface area contributed by atoms with Crippen LogP contribution in [-0.4, -0.2) is 43.3 Å². The monoisotopic (exact) mass is 420 g/mol. The second-order valence-electron chi connectivity index (χ2n) is 10.6. The topological polar surface area (TPSA) is 93.9 Å². The van der Waals surface area contributed by atoms with Crippen LogP contribution in [0.4, 0.5) is 0 Å². The molecule has 1 unspecified atom stereocenters. The van der Waals surface area contributed by atoms with E-state index in [0.717, 1.165) is 25.9 Å². The first-order valence-electron chi connectivity index (χ1n) is 11.4. The fraction of sp³-hybridized carbons (Fsp3) is 0.833. The second-order valence-corrected chi connectivity index (χ2v) is 10.6. The third kappa shape index (κ3) is 4.59. The molecule has 0 aromatic heterocycles. The molecule has 6 nitrogen and oxygen atoms in total. The summed E-state index contributed by atoms with van der Waals surface area (Å²) in [5.74, 6) is 0.428. The number of amides is 2. The van der Waals surface area contributed by atoms with E-state index in [0.29, 0.717) is 18.3 Å². The van der Waals surface area contributed by atoms with Gasteiger partial charge in [-0.2, -0.15) is 0 Å². The Kier molecular flexibility index (Phi) is 6.68. The summed E-state index contributed by atoms with van der Waals surface area (Å²) < 4.78 is 12.1. The normalized spacial score (nSPS) is 38.2. The highest BCUT2D eigenvalue weighted by Gasteiger charge is 2.69. The van der Waals surface area contributed by atoms with Crippen LogP contribution >= 0.6 is 0 Å². The number of hydrogen-bond acceptors (Lipinski definition) is 4. The lowest BCUT2D eigenvalue weighted by atomic mass is 9.64. The van der Waals surface area contributed by atoms with Crippen molar-refractivity contribution in [1.29, 1.82) is 0 Å². The standard InChI is InChI=1S/C24H40N2O4/c1-14(2)7-8-17-12-23(17,5)21-20(29-6)16(9-10-24(21)13-30-24)11-18(27)26-19(15(3)4)22(25)28/h7,15-17,19-21H,8-13H2,1-6H3,(H2,25,28)(H,26,27)/t16-,17-,19?,20+,21+,23-,24-/m0/s1. The van der Waals surface area contributed by atoms with Crippen LogP contribution in [0, 0.1) is 29.1 Å². The van der Waals surface area contributed by atoms with Gasteiger partial charge in [-0.15, -0.1) is 0 Å². The SMILES string of the molecule is CO[C@@H]1[C@H](CC(=O)NC(C(N)=O)C(C)C)CC[C@]2(CO2)[C@H]1[C@@]1(C)C[C@@H]1CC=C(C)C. The Morgan fingerprint density at radius 2 is 2.00 bits per heavy atom. The van der Waals surface area contributed by atoms with Crippen LogP contribution in [0.25, 0.3) is 0 Å². The van der Waals surface area contributed by atoms with E-state index in [1.165, 1.54) is 12.0 Å². The summed E-state index contributed by atoms with van der Waals surface area (Å²) in [6.45, 7) is 11.3. The molecule has 2 saturated carbocycles. The van der Waals surface area contributed by atoms with Gasteiger partial charge in [0.15, 0.2) is 0 Å². The number of carbonyl (C=O) groups is 2. The number of hydrogen-bond donors (Lipinski definition) is 2. The van der Waals surface area contributed by atoms with Gasteiger partial charge in [0.25, 0.3) is 0 Å². The summed E-state index contributed by atoms with van der Waals surface area (Å²) in [6, 6.07) is -0.634. The number of nitrogens with one attached hydrogen (secondary N) is 1. The lowest BCUT2D eigenvalue weighted by Crippen LogP contribution is -2.52. The molecule has 6 heteroatoms. The van der Waals surface area contributed by atoms with Crippen molar-refractivity contribution in [2.45, 2.75) is 84.5 Å². The molecule has 0 bridgehead atoms. The minimum Gasteiger partial charge on any atom is -0.381 e. The minimum atomic E-state index is -0.634. The van der Waals surface area contributed by atoms with Gasteiger partial charge in [-0.05, 0) is 62.7 Å². The van der Waals surface area contributed by atoms with E-state index in [4.69, 9.17) is 15.2 Å². The molecule has 1 spiro atoms. The third-order valence-electron chi connectivity index (χ3n) is 7.80. The summed E-state index contributed by atoms with van der Waals surface area (Å²) in [7, 11) is 1.77. The minimum absolute atomic E-state index is 0.0141. The molecule has 170 valence electrons. The number of methoxy groups -OCH3 is 1. The number of primary amides is 1. The molecule has 1 aliphatic heterocycles. The highest BCUT2D eigenvalue weighted by atomic mass is 16.6. The summed E-state index contributed by atoms with van der Waals surface area (Å²) >= 11 is 0. The summed E-state index contributed by atoms with van der Waals surface area (Å²) in [5.41, 5.74) is 6.94. The van der Waals surface area contributed by atoms with Crippen molar-refractivity contribution >= 4 is 11.8 Å². The predicted octanol–water partition coefficient (Wildman–Crippen LogP) is 3.20. The van der Waals surface area contributed by atoms with Crippen LogP contribution in [0.1, 0.15) is 66.7 Å². The highest BCUT2D eigenvalue weighted by Crippen LogP contribution is 2.68. The zero-order valence-corrected chi connectivity index (χ0v) is 19.5. The zero-order valence-electron chi connectivity index (χ0n) is 19.5. The Morgan fingerprint density at radius 3 is 2.50 bits per heavy atom. The van der Waals surface area contributed by atoms with Gasteiger partial charge >= 0.3 is 0 Å². The van der Waals surface area contributed by atoms with Crippen molar-refractivity contribution in [2.75, 3.05) is 13.7 Å². The number of allylic oxidation sites excluding steroid dienone is 2. The summed E-state index contributed by atoms with van der Waals surface area (Å²) in [4.78, 5) is 24.5. The molecule has 0 aromatic rings. The van der Waals surface area contributed by atoms with Crippen LogP contribution in [0.5, 0.6) is 0 Å². The molecule has 3 rings (SSSR count). The number of carbonyl (C=O) groups excluding carboxylic acids is 2. The molecular formula is C24H40N2O4. The van der Waals surface area contributed by atoms with Crippen molar-refractivity contribution in [3.05, 3.63) is 11.6 Å². The molecule has 0 radical (unpaired) electrons. The van der Waals surface area contributed by atoms with Crippen LogP contribution in [0.15, 0.2) is 11.6 Å². The first kappa shape index (κ1) is 23.3. The molecule has 2 amide bonds. The number of rotatable bonds is 9. The largest absolute Gasteiger partial charge is 0.381 e. The molecule has 0 aromatic carbocycles. The maximum atomic E-state index is 12.8. The molecule has 3 aliphatic rings. The molecule has 1 saturated heterocycles. The summed E-state index contributed by atoms with van der Waals surface area (Å²) in [5, 5.41) is 2.85. The van der Waals surface area contributed by atoms with Gasteiger partial charge in [0.1, 0.15) is 6.04 Å². The molecule has 1 heterocycles. The maximum Gasteiger partial charge on any atom is 0.240 e. The van der Waals surface area contributed by atoms with Crippen molar-refractivity contribution in [3.63, 3.8) is 0 Å². The van der Waals surface area contributed by atoms with Crippen molar-refractivity contribution in [2.24, 2.45) is 34.8 Å². The lowest BCUT2D eigenvalue weighted by molar-refractivity contribution is -0.132. The number of nitrogens with two attached hydrogens (primary N) is 1. The van der Waals surface area contributed by atoms with Gasteiger partial charge in [-0.3, -0.25) is 9.59 Å². The average Bonchev–Trinajstić information content (AvgIpc) is 3.56. The van der Waals surface area contributed by atoms with E-state index < -0.39 is 11.9 Å². The van der Waals surface area contributed by atoms with E-state index in [1.807, 2.05) is 13.8 Å². The third-order valence-corrected chi connectivity index (χ3v) is 7.80. The van der Waals surface area contributed by atoms with Gasteiger partial charge in [-0.25, -0.2) is 0 Å². The van der Waals surface area contributed by atoms with Gasteiger partial charge in [-0.1, -0.05) is 32.4 Å². The molecule has 7 atom stereocenters. The van der Waals surface area contributed by atoms with E-state index in [2.05, 4.69) is 32.2 Å². The molecule has 30 heavy (non-hydrogen) atoms. The fourth-order valence-corrected chi connectivity index (χ4v) is 5.88. The second kappa shape index (κ2) is 8.62. The van der Waals surface area contributed by atoms with Crippen LogP contribution in [0.3, 0.4) is 0 Å². The molecule has 3 N–H and O–H groups in total. The van der Waals surface area contributed by atoms with Gasteiger partial charge < -0.3 is 20.5 Å². The number of epoxide rings is 1. The first-order valence-corrected chi connectivity index (χ1v) is 11.4. The van der Waals surface area contributed by atoms with Crippen LogP contribution in [-0.2, 0) is 19.1 Å². The Bertz CT molecular complexity index is 695. The van der Waals surface area contributed by atoms with Crippen molar-refractivity contribution in [3.8, 4) is 0 Å². The average molecular weight is 421 g/mol. The van der Waals surface area contributed by atoms with Gasteiger partial charge in [0.2, 0.25) is 11.8 Å². The van der Waals surface area contributed by atoms with Crippen molar-refractivity contribution < 1.29 is 19.1 Å². The quantitative estimate of drug-likeness (QED) is 0.442. The first-order chi connectivity index (χ1) is 14.0. The Labute approximate surface area is 181 Å². The van der Waals surface area contributed by atoms with Crippen molar-refractivity contribution in [1.82, 2.24) is 5.32 Å². The Hall–Kier alpha value is -1.40. The van der Waals surface area contributed by atoms with Gasteiger partial charge in [0, 0.05) is 19.4 Å².